The summed E-state index contributed by atoms with van der Waals surface area (Å²) in [6.45, 7) is 2.61. The zero-order valence-electron chi connectivity index (χ0n) is 17.5. The van der Waals surface area contributed by atoms with Gasteiger partial charge in [0.1, 0.15) is 0 Å². The highest BCUT2D eigenvalue weighted by atomic mass is 16.4. The number of hydrogen-bond donors (Lipinski definition) is 4. The molecule has 4 N–H and O–H groups in total. The summed E-state index contributed by atoms with van der Waals surface area (Å²) in [7, 11) is 2.01. The van der Waals surface area contributed by atoms with Gasteiger partial charge in [-0.15, -0.1) is 0 Å². The summed E-state index contributed by atoms with van der Waals surface area (Å²) >= 11 is 0. The number of nitrogens with one attached hydrogen (secondary N) is 3. The van der Waals surface area contributed by atoms with Crippen molar-refractivity contribution in [2.75, 3.05) is 18.9 Å². The number of carbonyl (C=O) groups is 2. The third kappa shape index (κ3) is 5.70. The number of benzene rings is 2. The lowest BCUT2D eigenvalue weighted by atomic mass is 9.86. The van der Waals surface area contributed by atoms with Crippen LogP contribution in [0.25, 0.3) is 10.9 Å². The number of aromatic nitrogens is 1. The maximum Gasteiger partial charge on any atom is 0.307 e. The Balaban J connectivity index is 0.000000216. The smallest absolute Gasteiger partial charge is 0.307 e. The van der Waals surface area contributed by atoms with Crippen molar-refractivity contribution in [3.8, 4) is 0 Å². The first-order valence-corrected chi connectivity index (χ1v) is 10.3. The summed E-state index contributed by atoms with van der Waals surface area (Å²) in [5, 5.41) is 15.8. The van der Waals surface area contributed by atoms with E-state index in [-0.39, 0.29) is 12.3 Å². The third-order valence-electron chi connectivity index (χ3n) is 5.30. The molecule has 4 rings (SSSR count). The number of carbonyl (C=O) groups excluding carboxylic acids is 1. The van der Waals surface area contributed by atoms with Gasteiger partial charge in [0.25, 0.3) is 0 Å². The second kappa shape index (κ2) is 10.1. The Hall–Kier alpha value is -3.12. The van der Waals surface area contributed by atoms with Crippen molar-refractivity contribution in [3.63, 3.8) is 0 Å². The summed E-state index contributed by atoms with van der Waals surface area (Å²) in [4.78, 5) is 24.9. The Morgan fingerprint density at radius 2 is 1.93 bits per heavy atom. The number of carboxylic acid groups (broad SMARTS) is 1. The lowest BCUT2D eigenvalue weighted by Gasteiger charge is -2.22. The zero-order valence-corrected chi connectivity index (χ0v) is 17.5. The van der Waals surface area contributed by atoms with Crippen molar-refractivity contribution in [1.82, 2.24) is 10.3 Å². The number of aliphatic carboxylic acids is 1. The molecule has 158 valence electrons. The molecule has 3 aromatic rings. The first-order valence-electron chi connectivity index (χ1n) is 10.3. The Bertz CT molecular complexity index is 1010. The highest BCUT2D eigenvalue weighted by Crippen LogP contribution is 2.33. The molecule has 1 unspecified atom stereocenters. The van der Waals surface area contributed by atoms with Gasteiger partial charge in [0.2, 0.25) is 5.91 Å². The molecule has 2 aromatic carbocycles. The highest BCUT2D eigenvalue weighted by molar-refractivity contribution is 5.94. The van der Waals surface area contributed by atoms with Gasteiger partial charge in [0.15, 0.2) is 0 Å². The van der Waals surface area contributed by atoms with Crippen LogP contribution in [0.2, 0.25) is 0 Å². The van der Waals surface area contributed by atoms with Gasteiger partial charge in [-0.2, -0.15) is 0 Å². The second-order valence-corrected chi connectivity index (χ2v) is 7.75. The molecule has 1 atom stereocenters. The lowest BCUT2D eigenvalue weighted by molar-refractivity contribution is -0.136. The number of rotatable bonds is 5. The van der Waals surface area contributed by atoms with E-state index in [0.717, 1.165) is 30.6 Å². The van der Waals surface area contributed by atoms with E-state index in [2.05, 4.69) is 27.8 Å². The van der Waals surface area contributed by atoms with Crippen molar-refractivity contribution in [2.45, 2.75) is 32.6 Å². The summed E-state index contributed by atoms with van der Waals surface area (Å²) in [6, 6.07) is 15.2. The summed E-state index contributed by atoms with van der Waals surface area (Å²) in [5.41, 5.74) is 5.69. The van der Waals surface area contributed by atoms with Crippen molar-refractivity contribution in [1.29, 1.82) is 0 Å². The molecule has 1 aliphatic rings. The van der Waals surface area contributed by atoms with E-state index < -0.39 is 5.97 Å². The van der Waals surface area contributed by atoms with Gasteiger partial charge in [-0.1, -0.05) is 30.3 Å². The molecule has 0 fully saturated rings. The topological polar surface area (TPSA) is 94.2 Å². The molecule has 0 aliphatic heterocycles. The Morgan fingerprint density at radius 1 is 1.17 bits per heavy atom. The number of H-pyrrole nitrogens is 1. The van der Waals surface area contributed by atoms with Crippen LogP contribution in [0, 0.1) is 5.92 Å². The van der Waals surface area contributed by atoms with Gasteiger partial charge in [-0.05, 0) is 68.1 Å². The molecule has 0 saturated heterocycles. The van der Waals surface area contributed by atoms with E-state index in [1.165, 1.54) is 28.6 Å². The first-order chi connectivity index (χ1) is 14.5. The molecule has 30 heavy (non-hydrogen) atoms. The number of aryl methyl sites for hydroxylation is 1. The van der Waals surface area contributed by atoms with Gasteiger partial charge in [0.05, 0.1) is 6.42 Å². The van der Waals surface area contributed by atoms with Crippen LogP contribution >= 0.6 is 0 Å². The lowest BCUT2D eigenvalue weighted by Crippen LogP contribution is -2.24. The average molecular weight is 408 g/mol. The molecule has 6 nitrogen and oxygen atoms in total. The van der Waals surface area contributed by atoms with E-state index >= 15 is 0 Å². The second-order valence-electron chi connectivity index (χ2n) is 7.75. The van der Waals surface area contributed by atoms with Gasteiger partial charge < -0.3 is 20.7 Å². The van der Waals surface area contributed by atoms with Crippen LogP contribution in [-0.4, -0.2) is 35.6 Å². The molecule has 1 aromatic heterocycles. The maximum absolute atomic E-state index is 11.2. The number of anilines is 1. The van der Waals surface area contributed by atoms with E-state index in [1.807, 2.05) is 31.3 Å². The predicted octanol–water partition coefficient (Wildman–Crippen LogP) is 3.76. The van der Waals surface area contributed by atoms with Crippen LogP contribution in [-0.2, 0) is 28.9 Å². The van der Waals surface area contributed by atoms with Crippen molar-refractivity contribution < 1.29 is 14.7 Å². The molecular formula is C24H29N3O3. The highest BCUT2D eigenvalue weighted by Gasteiger charge is 2.22. The van der Waals surface area contributed by atoms with Crippen LogP contribution in [0.15, 0.2) is 48.5 Å². The van der Waals surface area contributed by atoms with Gasteiger partial charge in [-0.3, -0.25) is 9.59 Å². The Morgan fingerprint density at radius 3 is 2.60 bits per heavy atom. The Kier molecular flexibility index (Phi) is 7.25. The van der Waals surface area contributed by atoms with Crippen LogP contribution in [0.4, 0.5) is 5.69 Å². The summed E-state index contributed by atoms with van der Waals surface area (Å²) < 4.78 is 0. The molecule has 1 amide bonds. The molecule has 0 bridgehead atoms. The largest absolute Gasteiger partial charge is 0.481 e. The fourth-order valence-electron chi connectivity index (χ4n) is 4.00. The molecule has 0 radical (unpaired) electrons. The summed E-state index contributed by atoms with van der Waals surface area (Å²) in [6.07, 6.45) is 3.57. The molecule has 0 saturated carbocycles. The SMILES string of the molecule is CNCC1CCc2[nH]c3ccc(NC(C)=O)cc3c2C1.O=C(O)Cc1ccccc1. The van der Waals surface area contributed by atoms with Crippen LogP contribution in [0.5, 0.6) is 0 Å². The molecule has 1 heterocycles. The predicted molar refractivity (Wildman–Crippen MR) is 120 cm³/mol. The van der Waals surface area contributed by atoms with E-state index in [0.29, 0.717) is 5.92 Å². The zero-order chi connectivity index (χ0) is 21.5. The van der Waals surface area contributed by atoms with Gasteiger partial charge in [0, 0.05) is 29.2 Å². The van der Waals surface area contributed by atoms with Crippen LogP contribution in [0.1, 0.15) is 30.2 Å². The number of carboxylic acids is 1. The third-order valence-corrected chi connectivity index (χ3v) is 5.30. The monoisotopic (exact) mass is 407 g/mol. The van der Waals surface area contributed by atoms with Crippen LogP contribution in [0.3, 0.4) is 0 Å². The molecular weight excluding hydrogens is 378 g/mol. The standard InChI is InChI=1S/C16H21N3O.C8H8O2/c1-10(20)18-12-4-6-16-14(8-12)13-7-11(9-17-2)3-5-15(13)19-16;9-8(10)6-7-4-2-1-3-5-7/h4,6,8,11,17,19H,3,5,7,9H2,1-2H3,(H,18,20);1-5H,6H2,(H,9,10). The summed E-state index contributed by atoms with van der Waals surface area (Å²) in [5.74, 6) is -0.107. The van der Waals surface area contributed by atoms with E-state index in [1.54, 1.807) is 19.1 Å². The molecule has 1 aliphatic carbocycles. The van der Waals surface area contributed by atoms with Crippen molar-refractivity contribution in [2.24, 2.45) is 5.92 Å². The van der Waals surface area contributed by atoms with Crippen LogP contribution < -0.4 is 10.6 Å². The minimum Gasteiger partial charge on any atom is -0.481 e. The molecule has 6 heteroatoms. The van der Waals surface area contributed by atoms with Crippen molar-refractivity contribution >= 4 is 28.5 Å². The van der Waals surface area contributed by atoms with Gasteiger partial charge >= 0.3 is 5.97 Å². The van der Waals surface area contributed by atoms with E-state index in [4.69, 9.17) is 5.11 Å². The number of fused-ring (bicyclic) bond motifs is 3. The number of aromatic amines is 1. The quantitative estimate of drug-likeness (QED) is 0.518. The Labute approximate surface area is 176 Å². The molecule has 0 spiro atoms. The fourth-order valence-corrected chi connectivity index (χ4v) is 4.00. The number of hydrogen-bond acceptors (Lipinski definition) is 3. The van der Waals surface area contributed by atoms with E-state index in [9.17, 15) is 9.59 Å². The first kappa shape index (κ1) is 21.6. The van der Waals surface area contributed by atoms with Crippen molar-refractivity contribution in [3.05, 3.63) is 65.4 Å². The average Bonchev–Trinajstić information content (AvgIpc) is 3.06. The normalized spacial score (nSPS) is 15.1. The maximum atomic E-state index is 11.2. The number of amides is 1. The fraction of sp³-hybridized carbons (Fsp3) is 0.333. The minimum absolute atomic E-state index is 0.0261. The minimum atomic E-state index is -0.786. The van der Waals surface area contributed by atoms with Gasteiger partial charge in [-0.25, -0.2) is 0 Å².